The van der Waals surface area contributed by atoms with Crippen molar-refractivity contribution >= 4 is 257 Å². The molecule has 4 heterocycles. The number of phenolic OH excluding ortho intramolecular Hbond substituents is 3. The van der Waals surface area contributed by atoms with Gasteiger partial charge in [0.2, 0.25) is 5.24 Å². The van der Waals surface area contributed by atoms with Crippen molar-refractivity contribution in [3.05, 3.63) is 253 Å². The maximum Gasteiger partial charge on any atom is 0.309 e. The van der Waals surface area contributed by atoms with Crippen molar-refractivity contribution in [3.8, 4) is 46.0 Å². The van der Waals surface area contributed by atoms with Crippen LogP contribution in [-0.4, -0.2) is 138 Å². The van der Waals surface area contributed by atoms with Gasteiger partial charge in [-0.25, -0.2) is 0 Å². The maximum absolute atomic E-state index is 12.5. The number of esters is 2. The van der Waals surface area contributed by atoms with E-state index in [2.05, 4.69) is 186 Å². The van der Waals surface area contributed by atoms with Gasteiger partial charge in [-0.05, 0) is 232 Å². The first kappa shape index (κ1) is 118. The molecule has 34 heteroatoms. The molecule has 4 aliphatic heterocycles. The van der Waals surface area contributed by atoms with Crippen molar-refractivity contribution < 1.29 is 87.5 Å². The summed E-state index contributed by atoms with van der Waals surface area (Å²) in [5.74, 6) is 2.53. The molecule has 0 spiro atoms. The largest absolute Gasteiger partial charge is 0.506 e. The van der Waals surface area contributed by atoms with Crippen molar-refractivity contribution in [1.29, 1.82) is 0 Å². The van der Waals surface area contributed by atoms with Crippen molar-refractivity contribution in [2.75, 3.05) is 59.2 Å². The molecule has 0 aromatic heterocycles. The number of Topliss-reactive ketones (excluding diaryl/α,β-unsaturated/α-hetero) is 2. The van der Waals surface area contributed by atoms with Gasteiger partial charge >= 0.3 is 125 Å². The van der Waals surface area contributed by atoms with Gasteiger partial charge in [0, 0.05) is 68.7 Å². The molecule has 8 aromatic rings. The topological polar surface area (TPSA) is 268 Å². The van der Waals surface area contributed by atoms with Gasteiger partial charge in [-0.1, -0.05) is 235 Å². The van der Waals surface area contributed by atoms with E-state index in [4.69, 9.17) is 143 Å². The summed E-state index contributed by atoms with van der Waals surface area (Å²) in [7, 11) is 2.65. The molecular formula is C100H111Br6Cl9O18Sn. The Labute approximate surface area is 885 Å². The molecule has 3 saturated carbocycles. The van der Waals surface area contributed by atoms with Gasteiger partial charge in [0.15, 0.2) is 11.6 Å². The van der Waals surface area contributed by atoms with Crippen LogP contribution in [0.2, 0.25) is 55.0 Å². The minimum atomic E-state index is -2.02. The van der Waals surface area contributed by atoms with Crippen LogP contribution >= 0.6 is 200 Å². The second kappa shape index (κ2) is 56.0. The number of methoxy groups -OCH3 is 2. The van der Waals surface area contributed by atoms with E-state index >= 15 is 0 Å². The smallest absolute Gasteiger partial charge is 0.309 e. The second-order valence-electron chi connectivity index (χ2n) is 35.1. The van der Waals surface area contributed by atoms with E-state index in [0.717, 1.165) is 117 Å². The Balaban J connectivity index is 0.000000233. The molecule has 7 aliphatic rings. The van der Waals surface area contributed by atoms with Gasteiger partial charge in [0.05, 0.1) is 87.0 Å². The van der Waals surface area contributed by atoms with Crippen LogP contribution in [-0.2, 0) is 67.2 Å². The molecule has 0 bridgehead atoms. The normalized spacial score (nSPS) is 19.1. The standard InChI is InChI=1S/C16H17ClO4.C15H15ClO4.C10H12BrClO2.3C10H10BrClO.C10H10ClO.C6H4BrClO.C6H7ClO3.C4H7Br.3CH3.Sn/c1-8-3-10-4-9(5-13(17)15(10)21-7-8)14(18)11-6-12(11)16(19)20-2;1-7-2-9-3-8(4-12(16)14(9)20-6-7)13(17)10-5-11(10)15(18)19;1-6(5-13)2-7-3-8(11)4-9(12)10(7)14;1-6-2-7-3-8(11)4-9(12)10(7)13-5-6;1-6(2)3-7-4-8(11)5-9(12)10(7)13;1-7(2)6-13-10-4-3-8(11)5-9(10)12;1-7-5-8-3-2-4-9(11)10(8)12-6-7;7-4-1-2-6(9)5(8)3-4;1-10-6(9)4-2-3(4)5(7)8;1-4(2)3-5;;;;/h4-5,8,11-12H,3,6-7H2,1-2H3;3-4,7,10-11H,2,5-6H2,1H3,(H,18,19);3-4,6,13-14H,2,5H2,1H3;3-4,6H,2,5H2,1H3;4-5,13H,1,3H2,2H3;3-5H,1,6H2,2H3;3-4,7H,5-6H2,1H3;1-3,9H;3-4H,2H2,1H3;1,3H2,2H3;3*1H3;/t8?,11-,12-;7?,10-,11-;;;;;;;3-,4-;;;;;/m00......0...../s1. The average molecular weight is 2520 g/mol. The number of aliphatic hydroxyl groups is 1. The van der Waals surface area contributed by atoms with E-state index < -0.39 is 41.4 Å². The van der Waals surface area contributed by atoms with Crippen LogP contribution in [0.4, 0.5) is 0 Å². The number of aromatic hydroxyl groups is 3. The third-order valence-electron chi connectivity index (χ3n) is 21.0. The molecule has 3 fully saturated rings. The fraction of sp³-hybridized carbons (Fsp3) is 0.400. The van der Waals surface area contributed by atoms with E-state index in [1.165, 1.54) is 40.6 Å². The number of benzene rings is 8. The molecule has 0 radical (unpaired) electrons. The van der Waals surface area contributed by atoms with E-state index in [-0.39, 0.29) is 77.0 Å². The third-order valence-corrected chi connectivity index (χ3v) is 32.6. The molecule has 728 valence electrons. The van der Waals surface area contributed by atoms with Crippen molar-refractivity contribution in [1.82, 2.24) is 0 Å². The van der Waals surface area contributed by atoms with E-state index in [1.807, 2.05) is 64.1 Å². The van der Waals surface area contributed by atoms with Crippen molar-refractivity contribution in [2.45, 2.75) is 128 Å². The van der Waals surface area contributed by atoms with Crippen LogP contribution in [0.3, 0.4) is 0 Å². The quantitative estimate of drug-likeness (QED) is 0.0133. The van der Waals surface area contributed by atoms with E-state index in [0.29, 0.717) is 139 Å². The van der Waals surface area contributed by atoms with Gasteiger partial charge in [0.1, 0.15) is 46.9 Å². The van der Waals surface area contributed by atoms with Crippen LogP contribution in [0.1, 0.15) is 129 Å². The molecule has 8 aromatic carbocycles. The molecular weight excluding hydrogens is 2410 g/mol. The summed E-state index contributed by atoms with van der Waals surface area (Å²) in [6, 6.07) is 32.7. The number of allylic oxidation sites excluding steroid dienone is 2. The van der Waals surface area contributed by atoms with Gasteiger partial charge in [-0.3, -0.25) is 28.8 Å². The Morgan fingerprint density at radius 3 is 1.21 bits per heavy atom. The van der Waals surface area contributed by atoms with Crippen LogP contribution in [0.25, 0.3) is 0 Å². The molecule has 5 N–H and O–H groups in total. The van der Waals surface area contributed by atoms with Crippen LogP contribution in [0.15, 0.2) is 168 Å². The predicted molar refractivity (Wildman–Crippen MR) is 565 cm³/mol. The number of carboxylic acid groups (broad SMARTS) is 1. The number of ketones is 2. The average Bonchev–Trinajstić information content (AvgIpc) is 1.63. The van der Waals surface area contributed by atoms with Crippen molar-refractivity contribution in [2.24, 2.45) is 65.1 Å². The Morgan fingerprint density at radius 1 is 0.463 bits per heavy atom. The number of phenols is 3. The summed E-state index contributed by atoms with van der Waals surface area (Å²) in [5.41, 5.74) is 10.2. The predicted octanol–water partition coefficient (Wildman–Crippen LogP) is 29.1. The Hall–Kier alpha value is -4.95. The summed E-state index contributed by atoms with van der Waals surface area (Å²) in [5, 5.41) is 50.5. The Bertz CT molecular complexity index is 5530. The van der Waals surface area contributed by atoms with Crippen LogP contribution < -0.4 is 27.3 Å². The number of aliphatic hydroxyl groups excluding tert-OH is 1. The molecule has 15 rings (SSSR count). The number of hydrogen-bond acceptors (Lipinski definition) is 17. The van der Waals surface area contributed by atoms with Gasteiger partial charge in [0.25, 0.3) is 0 Å². The fourth-order valence-corrected chi connectivity index (χ4v) is 22.5. The number of halogens is 15. The molecule has 0 amide bonds. The number of rotatable bonds is 18. The zero-order chi connectivity index (χ0) is 100. The summed E-state index contributed by atoms with van der Waals surface area (Å²) < 4.78 is 43.0. The first-order chi connectivity index (χ1) is 62.8. The molecule has 18 nitrogen and oxygen atoms in total. The number of hydrogen-bond donors (Lipinski definition) is 5. The summed E-state index contributed by atoms with van der Waals surface area (Å²) in [4.78, 5) is 75.3. The summed E-state index contributed by atoms with van der Waals surface area (Å²) >= 11 is 70.7. The summed E-state index contributed by atoms with van der Waals surface area (Å²) in [6.45, 7) is 30.9. The minimum Gasteiger partial charge on any atom is -0.506 e. The van der Waals surface area contributed by atoms with E-state index in [1.54, 1.807) is 48.5 Å². The molecule has 5 unspecified atom stereocenters. The number of ether oxygens (including phenoxy) is 7. The van der Waals surface area contributed by atoms with E-state index in [9.17, 15) is 39.0 Å². The maximum atomic E-state index is 12.5. The first-order valence-corrected chi connectivity index (χ1v) is 61.1. The Morgan fingerprint density at radius 2 is 0.828 bits per heavy atom. The zero-order valence-electron chi connectivity index (χ0n) is 76.4. The summed E-state index contributed by atoms with van der Waals surface area (Å²) in [6.07, 6.45) is 6.62. The van der Waals surface area contributed by atoms with Crippen LogP contribution in [0.5, 0.6) is 46.0 Å². The van der Waals surface area contributed by atoms with Crippen molar-refractivity contribution in [3.63, 3.8) is 0 Å². The molecule has 3 aliphatic carbocycles. The number of carbonyl (C=O) groups excluding carboxylic acids is 5. The number of aliphatic carboxylic acids is 1. The first-order valence-electron chi connectivity index (χ1n) is 42.6. The second-order valence-corrected chi connectivity index (χ2v) is 58.4. The van der Waals surface area contributed by atoms with Gasteiger partial charge < -0.3 is 54.0 Å². The van der Waals surface area contributed by atoms with Crippen LogP contribution in [0, 0.1) is 65.1 Å². The minimum absolute atomic E-state index is 0.0340. The number of fused-ring (bicyclic) bond motifs is 4. The number of carboxylic acids is 1. The monoisotopic (exact) mass is 2510 g/mol. The number of alkyl halides is 1. The molecule has 11 atom stereocenters. The molecule has 0 saturated heterocycles. The Kier molecular flexibility index (Phi) is 49.2. The van der Waals surface area contributed by atoms with Gasteiger partial charge in [-0.2, -0.15) is 0 Å². The molecule has 134 heavy (non-hydrogen) atoms. The zero-order valence-corrected chi connectivity index (χ0v) is 95.6. The SMILES string of the molecule is C=C(C)CBr.C=C(C)COc1ccc(Br)cc1Cl.C=C(C)Cc1cc(Br)cc(Cl)c1O.CC(CO)Cc1cc(Br)cc(Cl)c1O.CC1COc2c(Cl)c[c]([Sn]([CH3])([CH3])[CH3])cc2C1.CC1COc2c(Cl)cc(Br)cc2C1.CC1COc2c(Cl)cc(C(=O)[C@H]3C[C@@H]3C(=O)O)cc2C1.COC(=O)[C@H]1C[C@@H]1C(=O)Cl.COC(=O)[C@H]1C[C@@H]1C(=O)c1cc(Cl)c2c(c1)CC(C)CO2.Oc1ccc(Br)cc1Cl. The van der Waals surface area contributed by atoms with Gasteiger partial charge in [-0.15, -0.1) is 0 Å². The third kappa shape index (κ3) is 38.1. The number of carbonyl (C=O) groups is 6. The fourth-order valence-electron chi connectivity index (χ4n) is 13.7.